The first-order chi connectivity index (χ1) is 12.1. The molecule has 0 saturated carbocycles. The van der Waals surface area contributed by atoms with E-state index in [0.717, 1.165) is 5.75 Å². The summed E-state index contributed by atoms with van der Waals surface area (Å²) in [6, 6.07) is 1.73. The van der Waals surface area contributed by atoms with Gasteiger partial charge in [-0.25, -0.2) is 4.79 Å². The fraction of sp³-hybridized carbons (Fsp3) is 0.462. The zero-order valence-electron chi connectivity index (χ0n) is 13.4. The molecule has 0 aromatic carbocycles. The van der Waals surface area contributed by atoms with Crippen LogP contribution in [0.3, 0.4) is 0 Å². The number of carbonyl (C=O) groups excluding carboxylic acids is 1. The van der Waals surface area contributed by atoms with E-state index in [9.17, 15) is 22.8 Å². The molecule has 0 atom stereocenters. The van der Waals surface area contributed by atoms with E-state index in [1.807, 2.05) is 5.38 Å². The summed E-state index contributed by atoms with van der Waals surface area (Å²) in [5.41, 5.74) is 0.552. The largest absolute Gasteiger partial charge is 0.490 e. The molecule has 148 valence electrons. The highest BCUT2D eigenvalue weighted by atomic mass is 33.1. The fourth-order valence-electron chi connectivity index (χ4n) is 1.17. The molecule has 0 unspecified atom stereocenters. The molecule has 0 aliphatic heterocycles. The molecule has 0 aliphatic carbocycles. The Bertz CT molecular complexity index is 594. The van der Waals surface area contributed by atoms with Gasteiger partial charge in [0, 0.05) is 18.1 Å². The van der Waals surface area contributed by atoms with E-state index < -0.39 is 18.1 Å². The minimum atomic E-state index is -5.08. The average molecular weight is 435 g/mol. The van der Waals surface area contributed by atoms with E-state index in [0.29, 0.717) is 22.9 Å². The van der Waals surface area contributed by atoms with Crippen LogP contribution in [-0.4, -0.2) is 59.4 Å². The highest BCUT2D eigenvalue weighted by Crippen LogP contribution is 2.25. The van der Waals surface area contributed by atoms with E-state index in [2.05, 4.69) is 5.32 Å². The fourth-order valence-corrected chi connectivity index (χ4v) is 3.77. The number of carboxylic acids is 2. The highest BCUT2D eigenvalue weighted by Gasteiger charge is 2.38. The minimum Gasteiger partial charge on any atom is -0.487 e. The molecule has 1 rings (SSSR count). The Balaban J connectivity index is 0.000000758. The highest BCUT2D eigenvalue weighted by molar-refractivity contribution is 8.76. The van der Waals surface area contributed by atoms with Crippen molar-refractivity contribution in [2.75, 3.05) is 25.2 Å². The van der Waals surface area contributed by atoms with Crippen LogP contribution in [0.2, 0.25) is 0 Å². The van der Waals surface area contributed by atoms with Crippen molar-refractivity contribution in [2.45, 2.75) is 12.6 Å². The molecular formula is C13H16F3NO6S3. The maximum absolute atomic E-state index is 11.8. The molecule has 0 aliphatic rings. The third-order valence-electron chi connectivity index (χ3n) is 2.26. The van der Waals surface area contributed by atoms with Gasteiger partial charge in [-0.1, -0.05) is 21.6 Å². The van der Waals surface area contributed by atoms with Crippen molar-refractivity contribution >= 4 is 50.8 Å². The third-order valence-corrected chi connectivity index (χ3v) is 5.54. The molecule has 0 spiro atoms. The van der Waals surface area contributed by atoms with Crippen LogP contribution in [0, 0.1) is 0 Å². The van der Waals surface area contributed by atoms with Crippen molar-refractivity contribution in [3.05, 3.63) is 17.0 Å². The normalized spacial score (nSPS) is 10.5. The number of aliphatic carboxylic acids is 2. The third kappa shape index (κ3) is 11.1. The molecule has 0 radical (unpaired) electrons. The average Bonchev–Trinajstić information content (AvgIpc) is 3.01. The number of carbonyl (C=O) groups is 3. The molecule has 0 bridgehead atoms. The number of carboxylic acid groups (broad SMARTS) is 2. The Morgan fingerprint density at radius 2 is 1.81 bits per heavy atom. The predicted octanol–water partition coefficient (Wildman–Crippen LogP) is 2.98. The van der Waals surface area contributed by atoms with Gasteiger partial charge in [-0.2, -0.15) is 13.2 Å². The molecule has 26 heavy (non-hydrogen) atoms. The second-order valence-electron chi connectivity index (χ2n) is 4.17. The van der Waals surface area contributed by atoms with Gasteiger partial charge in [-0.3, -0.25) is 9.59 Å². The maximum Gasteiger partial charge on any atom is 0.490 e. The molecule has 0 fully saturated rings. The molecule has 7 nitrogen and oxygen atoms in total. The van der Waals surface area contributed by atoms with Crippen molar-refractivity contribution in [1.82, 2.24) is 5.32 Å². The van der Waals surface area contributed by atoms with Crippen LogP contribution in [0.25, 0.3) is 0 Å². The van der Waals surface area contributed by atoms with Crippen LogP contribution >= 0.6 is 32.9 Å². The van der Waals surface area contributed by atoms with Gasteiger partial charge in [0.15, 0.2) is 5.06 Å². The van der Waals surface area contributed by atoms with Crippen LogP contribution in [-0.2, 0) is 9.59 Å². The smallest absolute Gasteiger partial charge is 0.487 e. The molecule has 13 heteroatoms. The zero-order chi connectivity index (χ0) is 20.2. The van der Waals surface area contributed by atoms with E-state index in [1.165, 1.54) is 29.2 Å². The lowest BCUT2D eigenvalue weighted by Crippen LogP contribution is -2.25. The number of hydrogen-bond donors (Lipinski definition) is 3. The lowest BCUT2D eigenvalue weighted by atomic mass is 10.3. The number of hydrogen-bond acceptors (Lipinski definition) is 7. The van der Waals surface area contributed by atoms with Crippen LogP contribution < -0.4 is 10.1 Å². The van der Waals surface area contributed by atoms with Gasteiger partial charge in [-0.15, -0.1) is 11.3 Å². The summed E-state index contributed by atoms with van der Waals surface area (Å²) in [6.07, 6.45) is -4.92. The van der Waals surface area contributed by atoms with Crippen molar-refractivity contribution in [1.29, 1.82) is 0 Å². The van der Waals surface area contributed by atoms with Crippen molar-refractivity contribution in [3.8, 4) is 5.06 Å². The molecule has 1 aromatic rings. The second kappa shape index (κ2) is 12.7. The van der Waals surface area contributed by atoms with Gasteiger partial charge in [0.1, 0.15) is 0 Å². The number of ether oxygens (including phenoxy) is 1. The van der Waals surface area contributed by atoms with Crippen LogP contribution in [0.5, 0.6) is 5.06 Å². The van der Waals surface area contributed by atoms with Crippen LogP contribution in [0.4, 0.5) is 13.2 Å². The summed E-state index contributed by atoms with van der Waals surface area (Å²) in [6.45, 7) is 0.544. The minimum absolute atomic E-state index is 0.144. The van der Waals surface area contributed by atoms with Crippen molar-refractivity contribution < 1.29 is 42.5 Å². The Kier molecular flexibility index (Phi) is 11.9. The van der Waals surface area contributed by atoms with Gasteiger partial charge in [0.2, 0.25) is 0 Å². The Morgan fingerprint density at radius 3 is 2.31 bits per heavy atom. The lowest BCUT2D eigenvalue weighted by molar-refractivity contribution is -0.192. The Labute approximate surface area is 158 Å². The van der Waals surface area contributed by atoms with Gasteiger partial charge < -0.3 is 20.3 Å². The number of rotatable bonds is 9. The van der Waals surface area contributed by atoms with Crippen molar-refractivity contribution in [3.63, 3.8) is 0 Å². The van der Waals surface area contributed by atoms with Crippen molar-refractivity contribution in [2.24, 2.45) is 0 Å². The molecule has 1 aromatic heterocycles. The van der Waals surface area contributed by atoms with Crippen LogP contribution in [0.1, 0.15) is 16.8 Å². The predicted molar refractivity (Wildman–Crippen MR) is 94.1 cm³/mol. The first kappa shape index (κ1) is 24.4. The molecule has 0 saturated heterocycles. The van der Waals surface area contributed by atoms with Crippen LogP contribution in [0.15, 0.2) is 11.4 Å². The number of alkyl halides is 3. The first-order valence-corrected chi connectivity index (χ1v) is 10.1. The summed E-state index contributed by atoms with van der Waals surface area (Å²) in [5.74, 6) is -2.37. The Morgan fingerprint density at radius 1 is 1.23 bits per heavy atom. The molecular weight excluding hydrogens is 419 g/mol. The lowest BCUT2D eigenvalue weighted by Gasteiger charge is -2.05. The first-order valence-electron chi connectivity index (χ1n) is 6.75. The van der Waals surface area contributed by atoms with E-state index in [-0.39, 0.29) is 12.3 Å². The monoisotopic (exact) mass is 435 g/mol. The summed E-state index contributed by atoms with van der Waals surface area (Å²) >= 11 is 1.38. The number of halogens is 3. The topological polar surface area (TPSA) is 113 Å². The molecule has 1 heterocycles. The number of nitrogens with one attached hydrogen (secondary N) is 1. The van der Waals surface area contributed by atoms with E-state index >= 15 is 0 Å². The summed E-state index contributed by atoms with van der Waals surface area (Å²) in [7, 11) is 4.59. The number of methoxy groups -OCH3 is 1. The van der Waals surface area contributed by atoms with Gasteiger partial charge in [0.25, 0.3) is 5.91 Å². The second-order valence-corrected chi connectivity index (χ2v) is 7.75. The molecule has 1 amide bonds. The Hall–Kier alpha value is -1.60. The van der Waals surface area contributed by atoms with E-state index in [4.69, 9.17) is 19.7 Å². The summed E-state index contributed by atoms with van der Waals surface area (Å²) < 4.78 is 36.8. The maximum atomic E-state index is 11.8. The SMILES string of the molecule is COc1sccc1C(=O)NCCSSCCC(=O)O.O=C(O)C(F)(F)F. The summed E-state index contributed by atoms with van der Waals surface area (Å²) in [5, 5.41) is 20.8. The van der Waals surface area contributed by atoms with E-state index in [1.54, 1.807) is 16.9 Å². The van der Waals surface area contributed by atoms with Gasteiger partial charge >= 0.3 is 18.1 Å². The number of amides is 1. The standard InChI is InChI=1S/C11H15NO4S3.C2HF3O2/c1-16-11-8(2-5-17-11)10(15)12-4-7-19-18-6-3-9(13)14;3-2(4,5)1(6)7/h2,5H,3-4,6-7H2,1H3,(H,12,15)(H,13,14);(H,6,7). The molecule has 3 N–H and O–H groups in total. The van der Waals surface area contributed by atoms with Gasteiger partial charge in [0.05, 0.1) is 19.1 Å². The quantitative estimate of drug-likeness (QED) is 0.401. The zero-order valence-corrected chi connectivity index (χ0v) is 15.8. The van der Waals surface area contributed by atoms with Gasteiger partial charge in [-0.05, 0) is 11.4 Å². The number of thiophene rings is 1. The summed E-state index contributed by atoms with van der Waals surface area (Å²) in [4.78, 5) is 31.0.